The fraction of sp³-hybridized carbons (Fsp3) is 0.615. The monoisotopic (exact) mass is 520 g/mol. The van der Waals surface area contributed by atoms with Gasteiger partial charge in [-0.05, 0) is 57.1 Å². The van der Waals surface area contributed by atoms with Gasteiger partial charge in [0.2, 0.25) is 0 Å². The van der Waals surface area contributed by atoms with Gasteiger partial charge in [-0.25, -0.2) is 9.97 Å². The molecule has 1 aliphatic rings. The van der Waals surface area contributed by atoms with Crippen molar-refractivity contribution in [3.63, 3.8) is 0 Å². The Hall–Kier alpha value is -1.71. The molecule has 2 aromatic rings. The van der Waals surface area contributed by atoms with E-state index in [0.717, 1.165) is 55.3 Å². The molecule has 0 amide bonds. The van der Waals surface area contributed by atoms with E-state index in [-0.39, 0.29) is 11.1 Å². The average Bonchev–Trinajstić information content (AvgIpc) is 2.80. The van der Waals surface area contributed by atoms with Crippen molar-refractivity contribution in [2.24, 2.45) is 0 Å². The first-order valence-corrected chi connectivity index (χ1v) is 15.7. The van der Waals surface area contributed by atoms with E-state index in [1.165, 1.54) is 0 Å². The normalized spacial score (nSPS) is 16.2. The van der Waals surface area contributed by atoms with Crippen molar-refractivity contribution >= 4 is 25.7 Å². The lowest BCUT2D eigenvalue weighted by molar-refractivity contribution is 0.0904. The minimum absolute atomic E-state index is 0.0371. The van der Waals surface area contributed by atoms with E-state index in [9.17, 15) is 0 Å². The molecule has 0 spiro atoms. The van der Waals surface area contributed by atoms with Gasteiger partial charge in [0, 0.05) is 36.9 Å². The Labute approximate surface area is 216 Å². The molecular weight excluding hydrogens is 480 g/mol. The minimum Gasteiger partial charge on any atom is -0.491 e. The highest BCUT2D eigenvalue weighted by molar-refractivity contribution is 6.74. The summed E-state index contributed by atoms with van der Waals surface area (Å²) in [6.07, 6.45) is 1.86. The number of ether oxygens (including phenoxy) is 2. The maximum atomic E-state index is 6.59. The summed E-state index contributed by atoms with van der Waals surface area (Å²) in [5.74, 6) is 2.10. The van der Waals surface area contributed by atoms with Crippen LogP contribution in [0.2, 0.25) is 23.3 Å². The van der Waals surface area contributed by atoms with Gasteiger partial charge in [-0.3, -0.25) is 0 Å². The zero-order chi connectivity index (χ0) is 25.6. The van der Waals surface area contributed by atoms with Crippen LogP contribution in [0, 0.1) is 6.92 Å². The molecule has 1 aliphatic heterocycles. The maximum absolute atomic E-state index is 6.59. The fourth-order valence-electron chi connectivity index (χ4n) is 3.66. The average molecular weight is 521 g/mol. The summed E-state index contributed by atoms with van der Waals surface area (Å²) in [6, 6.07) is 8.16. The summed E-state index contributed by atoms with van der Waals surface area (Å²) in [5.41, 5.74) is 1.71. The second-order valence-corrected chi connectivity index (χ2v) is 15.9. The van der Waals surface area contributed by atoms with Crippen LogP contribution in [0.1, 0.15) is 39.2 Å². The number of hydrogen-bond acceptors (Lipinski definition) is 7. The Morgan fingerprint density at radius 1 is 1.20 bits per heavy atom. The van der Waals surface area contributed by atoms with E-state index in [4.69, 9.17) is 30.5 Å². The second-order valence-electron chi connectivity index (χ2n) is 10.7. The molecule has 0 bridgehead atoms. The Morgan fingerprint density at radius 2 is 1.91 bits per heavy atom. The lowest BCUT2D eigenvalue weighted by Crippen LogP contribution is -2.47. The summed E-state index contributed by atoms with van der Waals surface area (Å²) < 4.78 is 18.2. The minimum atomic E-state index is -1.91. The van der Waals surface area contributed by atoms with E-state index in [2.05, 4.69) is 49.5 Å². The van der Waals surface area contributed by atoms with Crippen LogP contribution in [0.5, 0.6) is 5.75 Å². The van der Waals surface area contributed by atoms with Crippen LogP contribution in [0.15, 0.2) is 24.3 Å². The molecule has 2 heterocycles. The summed E-state index contributed by atoms with van der Waals surface area (Å²) >= 11 is 6.50. The van der Waals surface area contributed by atoms with Crippen LogP contribution < -0.4 is 15.4 Å². The Morgan fingerprint density at radius 3 is 2.57 bits per heavy atom. The van der Waals surface area contributed by atoms with Crippen LogP contribution >= 0.6 is 11.6 Å². The third-order valence-electron chi connectivity index (χ3n) is 6.88. The zero-order valence-corrected chi connectivity index (χ0v) is 24.0. The van der Waals surface area contributed by atoms with Crippen molar-refractivity contribution in [3.05, 3.63) is 35.0 Å². The molecule has 1 aromatic heterocycles. The van der Waals surface area contributed by atoms with Gasteiger partial charge >= 0.3 is 0 Å². The van der Waals surface area contributed by atoms with Crippen molar-refractivity contribution in [3.8, 4) is 17.1 Å². The highest BCUT2D eigenvalue weighted by Gasteiger charge is 2.39. The Kier molecular flexibility index (Phi) is 9.57. The number of hydrogen-bond donors (Lipinski definition) is 2. The van der Waals surface area contributed by atoms with Crippen molar-refractivity contribution in [1.82, 2.24) is 15.3 Å². The van der Waals surface area contributed by atoms with E-state index in [1.54, 1.807) is 0 Å². The molecule has 3 rings (SSSR count). The van der Waals surface area contributed by atoms with Crippen molar-refractivity contribution < 1.29 is 13.9 Å². The van der Waals surface area contributed by atoms with E-state index >= 15 is 0 Å². The number of halogens is 1. The third-order valence-corrected chi connectivity index (χ3v) is 11.8. The van der Waals surface area contributed by atoms with Gasteiger partial charge in [0.1, 0.15) is 23.3 Å². The van der Waals surface area contributed by atoms with Gasteiger partial charge in [-0.1, -0.05) is 44.5 Å². The quantitative estimate of drug-likeness (QED) is 0.308. The molecular formula is C26H41ClN4O3Si. The highest BCUT2D eigenvalue weighted by atomic mass is 35.5. The van der Waals surface area contributed by atoms with Gasteiger partial charge in [0.05, 0.1) is 6.10 Å². The number of benzene rings is 1. The molecule has 1 saturated heterocycles. The molecule has 0 saturated carbocycles. The molecule has 0 aliphatic carbocycles. The van der Waals surface area contributed by atoms with Gasteiger partial charge < -0.3 is 24.5 Å². The maximum Gasteiger partial charge on any atom is 0.192 e. The predicted octanol–water partition coefficient (Wildman–Crippen LogP) is 5.68. The summed E-state index contributed by atoms with van der Waals surface area (Å²) in [5, 5.41) is 7.36. The standard InChI is InChI=1S/C26H41ClN4O3Si/c1-18-23(27)30-25(31-24(18)29-20-11-13-32-14-12-20)19-9-8-10-21(15-19)33-17-22(16-28-5)34-35(6,7)26(2,3)4/h8-10,15,20,22,28H,11-14,16-17H2,1-7H3,(H,29,30,31). The summed E-state index contributed by atoms with van der Waals surface area (Å²) in [6.45, 7) is 15.9. The molecule has 7 nitrogen and oxygen atoms in total. The second kappa shape index (κ2) is 12.0. The van der Waals surface area contributed by atoms with Crippen molar-refractivity contribution in [1.29, 1.82) is 0 Å². The molecule has 1 unspecified atom stereocenters. The molecule has 0 radical (unpaired) electrons. The molecule has 1 fully saturated rings. The topological polar surface area (TPSA) is 77.5 Å². The fourth-order valence-corrected chi connectivity index (χ4v) is 5.17. The summed E-state index contributed by atoms with van der Waals surface area (Å²) in [7, 11) is 0.0243. The zero-order valence-electron chi connectivity index (χ0n) is 22.2. The van der Waals surface area contributed by atoms with Crippen LogP contribution in [-0.4, -0.2) is 63.8 Å². The molecule has 1 atom stereocenters. The first-order chi connectivity index (χ1) is 16.5. The van der Waals surface area contributed by atoms with Crippen LogP contribution in [0.4, 0.5) is 5.82 Å². The predicted molar refractivity (Wildman–Crippen MR) is 146 cm³/mol. The summed E-state index contributed by atoms with van der Waals surface area (Å²) in [4.78, 5) is 9.35. The largest absolute Gasteiger partial charge is 0.491 e. The highest BCUT2D eigenvalue weighted by Crippen LogP contribution is 2.37. The SMILES string of the molecule is CNCC(COc1cccc(-c2nc(Cl)c(C)c(NC3CCOCC3)n2)c1)O[Si](C)(C)C(C)(C)C. The Bertz CT molecular complexity index is 978. The van der Waals surface area contributed by atoms with Gasteiger partial charge in [0.25, 0.3) is 0 Å². The number of rotatable bonds is 10. The van der Waals surface area contributed by atoms with Crippen molar-refractivity contribution in [2.45, 2.75) is 70.8 Å². The van der Waals surface area contributed by atoms with Crippen molar-refractivity contribution in [2.75, 3.05) is 38.7 Å². The number of anilines is 1. The number of aromatic nitrogens is 2. The Balaban J connectivity index is 1.74. The van der Waals surface area contributed by atoms with Gasteiger partial charge in [-0.2, -0.15) is 0 Å². The number of likely N-dealkylation sites (N-methyl/N-ethyl adjacent to an activating group) is 1. The lowest BCUT2D eigenvalue weighted by atomic mass is 10.1. The van der Waals surface area contributed by atoms with Crippen LogP contribution in [0.25, 0.3) is 11.4 Å². The van der Waals surface area contributed by atoms with E-state index < -0.39 is 8.32 Å². The lowest BCUT2D eigenvalue weighted by Gasteiger charge is -2.39. The van der Waals surface area contributed by atoms with Crippen LogP contribution in [0.3, 0.4) is 0 Å². The van der Waals surface area contributed by atoms with E-state index in [1.807, 2.05) is 38.2 Å². The van der Waals surface area contributed by atoms with Gasteiger partial charge in [-0.15, -0.1) is 0 Å². The van der Waals surface area contributed by atoms with Gasteiger partial charge in [0.15, 0.2) is 14.1 Å². The third kappa shape index (κ3) is 7.63. The van der Waals surface area contributed by atoms with E-state index in [0.29, 0.717) is 23.6 Å². The molecule has 2 N–H and O–H groups in total. The molecule has 194 valence electrons. The first-order valence-electron chi connectivity index (χ1n) is 12.4. The first kappa shape index (κ1) is 27.9. The van der Waals surface area contributed by atoms with Crippen LogP contribution in [-0.2, 0) is 9.16 Å². The smallest absolute Gasteiger partial charge is 0.192 e. The number of nitrogens with zero attached hydrogens (tertiary/aromatic N) is 2. The molecule has 9 heteroatoms. The molecule has 1 aromatic carbocycles. The molecule has 35 heavy (non-hydrogen) atoms. The number of nitrogens with one attached hydrogen (secondary N) is 2.